The van der Waals surface area contributed by atoms with Gasteiger partial charge in [-0.3, -0.25) is 18.8 Å². The van der Waals surface area contributed by atoms with Crippen LogP contribution >= 0.6 is 0 Å². The van der Waals surface area contributed by atoms with E-state index in [0.717, 1.165) is 29.7 Å². The number of imidazole rings is 1. The predicted molar refractivity (Wildman–Crippen MR) is 111 cm³/mol. The Balaban J connectivity index is 1.45. The van der Waals surface area contributed by atoms with Crippen LogP contribution in [0.4, 0.5) is 23.2 Å². The number of nitrogens with zero attached hydrogens (tertiary/aromatic N) is 6. The highest BCUT2D eigenvalue weighted by molar-refractivity contribution is 5.90. The number of hydrogen-bond donors (Lipinski definition) is 1. The molecule has 1 fully saturated rings. The summed E-state index contributed by atoms with van der Waals surface area (Å²) in [5, 5.41) is 5.79. The predicted octanol–water partition coefficient (Wildman–Crippen LogP) is 3.25. The minimum Gasteiger partial charge on any atom is -0.334 e. The number of aromatic nitrogens is 5. The molecule has 0 unspecified atom stereocenters. The molecule has 3 aromatic rings. The lowest BCUT2D eigenvalue weighted by Crippen LogP contribution is -2.28. The lowest BCUT2D eigenvalue weighted by molar-refractivity contribution is -0.141. The minimum atomic E-state index is -4.62. The van der Waals surface area contributed by atoms with E-state index < -0.39 is 30.1 Å². The van der Waals surface area contributed by atoms with Crippen LogP contribution < -0.4 is 5.32 Å². The first-order chi connectivity index (χ1) is 16.0. The van der Waals surface area contributed by atoms with E-state index in [-0.39, 0.29) is 29.1 Å². The van der Waals surface area contributed by atoms with Crippen LogP contribution in [0.2, 0.25) is 0 Å². The molecular weight excluding hydrogens is 458 g/mol. The van der Waals surface area contributed by atoms with Gasteiger partial charge in [0, 0.05) is 31.4 Å². The van der Waals surface area contributed by atoms with E-state index in [2.05, 4.69) is 20.4 Å². The number of pyridine rings is 1. The van der Waals surface area contributed by atoms with Crippen molar-refractivity contribution in [2.24, 2.45) is 0 Å². The summed E-state index contributed by atoms with van der Waals surface area (Å²) >= 11 is 0. The molecule has 2 amide bonds. The lowest BCUT2D eigenvalue weighted by atomic mass is 10.1. The molecular formula is C21H21F4N7O2. The van der Waals surface area contributed by atoms with Crippen LogP contribution in [-0.2, 0) is 22.3 Å². The molecule has 1 N–H and O–H groups in total. The maximum Gasteiger partial charge on any atom is 0.435 e. The van der Waals surface area contributed by atoms with Gasteiger partial charge in [0.2, 0.25) is 11.8 Å². The monoisotopic (exact) mass is 479 g/mol. The van der Waals surface area contributed by atoms with Crippen molar-refractivity contribution in [1.29, 1.82) is 0 Å². The first-order valence-corrected chi connectivity index (χ1v) is 10.4. The average Bonchev–Trinajstić information content (AvgIpc) is 3.47. The second-order valence-corrected chi connectivity index (χ2v) is 7.98. The summed E-state index contributed by atoms with van der Waals surface area (Å²) in [5.41, 5.74) is -0.285. The van der Waals surface area contributed by atoms with Crippen LogP contribution in [-0.4, -0.2) is 47.6 Å². The van der Waals surface area contributed by atoms with Crippen LogP contribution in [0.15, 0.2) is 30.9 Å². The molecule has 0 spiro atoms. The van der Waals surface area contributed by atoms with E-state index in [0.29, 0.717) is 12.2 Å². The van der Waals surface area contributed by atoms with E-state index in [1.54, 1.807) is 11.1 Å². The zero-order valence-corrected chi connectivity index (χ0v) is 18.3. The Bertz CT molecular complexity index is 1230. The highest BCUT2D eigenvalue weighted by Crippen LogP contribution is 2.31. The number of alkyl halides is 3. The maximum atomic E-state index is 14.7. The van der Waals surface area contributed by atoms with Crippen molar-refractivity contribution >= 4 is 17.5 Å². The van der Waals surface area contributed by atoms with Crippen molar-refractivity contribution < 1.29 is 27.2 Å². The van der Waals surface area contributed by atoms with E-state index >= 15 is 0 Å². The van der Waals surface area contributed by atoms with Crippen LogP contribution in [0.1, 0.15) is 42.9 Å². The van der Waals surface area contributed by atoms with E-state index in [1.165, 1.54) is 30.9 Å². The number of carbonyl (C=O) groups is 2. The minimum absolute atomic E-state index is 0.0333. The fourth-order valence-corrected chi connectivity index (χ4v) is 3.91. The van der Waals surface area contributed by atoms with Crippen LogP contribution in [0.25, 0.3) is 5.82 Å². The average molecular weight is 479 g/mol. The fourth-order valence-electron chi connectivity index (χ4n) is 3.91. The number of amides is 2. The zero-order valence-electron chi connectivity index (χ0n) is 18.3. The number of likely N-dealkylation sites (tertiary alicyclic amines) is 1. The highest BCUT2D eigenvalue weighted by atomic mass is 19.4. The topological polar surface area (TPSA) is 97.9 Å². The molecule has 9 nitrogen and oxygen atoms in total. The van der Waals surface area contributed by atoms with Crippen LogP contribution in [0.3, 0.4) is 0 Å². The molecule has 0 saturated carbocycles. The van der Waals surface area contributed by atoms with Crippen molar-refractivity contribution in [1.82, 2.24) is 29.2 Å². The van der Waals surface area contributed by atoms with Crippen molar-refractivity contribution in [3.8, 4) is 5.82 Å². The molecule has 4 heterocycles. The van der Waals surface area contributed by atoms with Gasteiger partial charge in [0.1, 0.15) is 12.9 Å². The van der Waals surface area contributed by atoms with Gasteiger partial charge in [0.15, 0.2) is 17.3 Å². The lowest BCUT2D eigenvalue weighted by Gasteiger charge is -2.21. The van der Waals surface area contributed by atoms with Gasteiger partial charge in [0.25, 0.3) is 0 Å². The molecule has 4 rings (SSSR count). The summed E-state index contributed by atoms with van der Waals surface area (Å²) in [4.78, 5) is 34.1. The number of carbonyl (C=O) groups excluding carboxylic acids is 2. The molecule has 0 radical (unpaired) electrons. The highest BCUT2D eigenvalue weighted by Gasteiger charge is 2.34. The Hall–Kier alpha value is -3.77. The van der Waals surface area contributed by atoms with Crippen LogP contribution in [0, 0.1) is 12.7 Å². The summed E-state index contributed by atoms with van der Waals surface area (Å²) in [6, 6.07) is 1.71. The molecule has 180 valence electrons. The van der Waals surface area contributed by atoms with Crippen molar-refractivity contribution in [2.75, 3.05) is 11.9 Å². The largest absolute Gasteiger partial charge is 0.435 e. The van der Waals surface area contributed by atoms with Gasteiger partial charge < -0.3 is 10.2 Å². The van der Waals surface area contributed by atoms with Crippen molar-refractivity contribution in [3.63, 3.8) is 0 Å². The normalized spacial score (nSPS) is 16.2. The molecule has 1 saturated heterocycles. The molecule has 1 aliphatic heterocycles. The standard InChI is InChI=1S/C21H21F4N7O2/c1-12-6-18(21(23,24)25)29-32(12)10-19(34)28-14-7-15(22)20(26-8-14)30-9-16(27-11-30)17-4-3-5-31(17)13(2)33/h6-9,11,17H,3-5,10H2,1-2H3,(H,28,34)/t17-/m1/s1. The third-order valence-electron chi connectivity index (χ3n) is 5.52. The molecule has 13 heteroatoms. The smallest absolute Gasteiger partial charge is 0.334 e. The fraction of sp³-hybridized carbons (Fsp3) is 0.381. The quantitative estimate of drug-likeness (QED) is 0.567. The first-order valence-electron chi connectivity index (χ1n) is 10.4. The maximum absolute atomic E-state index is 14.7. The van der Waals surface area contributed by atoms with Gasteiger partial charge >= 0.3 is 6.18 Å². The molecule has 0 bridgehead atoms. The number of hydrogen-bond acceptors (Lipinski definition) is 5. The molecule has 34 heavy (non-hydrogen) atoms. The van der Waals surface area contributed by atoms with E-state index in [9.17, 15) is 27.2 Å². The Morgan fingerprint density at radius 3 is 2.65 bits per heavy atom. The Morgan fingerprint density at radius 2 is 2.00 bits per heavy atom. The summed E-state index contributed by atoms with van der Waals surface area (Å²) in [6.07, 6.45) is 1.23. The molecule has 1 aliphatic rings. The van der Waals surface area contributed by atoms with Gasteiger partial charge in [-0.2, -0.15) is 18.3 Å². The molecule has 0 aromatic carbocycles. The number of nitrogens with one attached hydrogen (secondary N) is 1. The van der Waals surface area contributed by atoms with E-state index in [1.807, 2.05) is 0 Å². The molecule has 1 atom stereocenters. The summed E-state index contributed by atoms with van der Waals surface area (Å²) in [6.45, 7) is 3.05. The SMILES string of the molecule is CC(=O)N1CCC[C@@H]1c1cn(-c2ncc(NC(=O)Cn3nc(C(F)(F)F)cc3C)cc2F)cn1. The number of rotatable bonds is 5. The summed E-state index contributed by atoms with van der Waals surface area (Å²) < 4.78 is 55.4. The van der Waals surface area contributed by atoms with Crippen molar-refractivity contribution in [3.05, 3.63) is 53.8 Å². The van der Waals surface area contributed by atoms with Gasteiger partial charge in [-0.15, -0.1) is 0 Å². The van der Waals surface area contributed by atoms with Crippen molar-refractivity contribution in [2.45, 2.75) is 45.5 Å². The second-order valence-electron chi connectivity index (χ2n) is 7.98. The van der Waals surface area contributed by atoms with Gasteiger partial charge in [-0.25, -0.2) is 14.4 Å². The molecule has 3 aromatic heterocycles. The zero-order chi connectivity index (χ0) is 24.6. The third kappa shape index (κ3) is 4.77. The van der Waals surface area contributed by atoms with Gasteiger partial charge in [-0.05, 0) is 25.8 Å². The third-order valence-corrected chi connectivity index (χ3v) is 5.52. The van der Waals surface area contributed by atoms with Gasteiger partial charge in [0.05, 0.1) is 23.6 Å². The summed E-state index contributed by atoms with van der Waals surface area (Å²) in [7, 11) is 0. The number of halogens is 4. The van der Waals surface area contributed by atoms with Crippen LogP contribution in [0.5, 0.6) is 0 Å². The van der Waals surface area contributed by atoms with Gasteiger partial charge in [-0.1, -0.05) is 0 Å². The van der Waals surface area contributed by atoms with E-state index in [4.69, 9.17) is 0 Å². The molecule has 0 aliphatic carbocycles. The Labute approximate surface area is 191 Å². The first kappa shape index (κ1) is 23.4. The second kappa shape index (κ2) is 8.88. The Morgan fingerprint density at radius 1 is 1.24 bits per heavy atom. The Kier molecular flexibility index (Phi) is 6.11. The number of anilines is 1. The number of aryl methyl sites for hydroxylation is 1. The summed E-state index contributed by atoms with van der Waals surface area (Å²) in [5.74, 6) is -1.54.